The first-order valence-corrected chi connectivity index (χ1v) is 6.12. The maximum absolute atomic E-state index is 5.74. The molecule has 0 saturated heterocycles. The standard InChI is InChI=1S/C14H20N2O/c1-17-10-3-2-8-16-9-7-13-12(11-15)5-4-6-14(13)16/h4-7,9H,2-3,8,10-11,15H2,1H3. The first-order valence-electron chi connectivity index (χ1n) is 6.12. The van der Waals surface area contributed by atoms with E-state index in [1.807, 2.05) is 0 Å². The number of aromatic nitrogens is 1. The molecule has 1 aromatic heterocycles. The second-order valence-corrected chi connectivity index (χ2v) is 4.26. The molecule has 0 fully saturated rings. The Balaban J connectivity index is 2.13. The molecular weight excluding hydrogens is 212 g/mol. The maximum atomic E-state index is 5.74. The van der Waals surface area contributed by atoms with E-state index in [1.165, 1.54) is 16.5 Å². The van der Waals surface area contributed by atoms with E-state index in [0.29, 0.717) is 6.54 Å². The number of nitrogens with two attached hydrogens (primary N) is 1. The van der Waals surface area contributed by atoms with E-state index in [-0.39, 0.29) is 0 Å². The summed E-state index contributed by atoms with van der Waals surface area (Å²) in [4.78, 5) is 0. The lowest BCUT2D eigenvalue weighted by atomic mass is 10.1. The van der Waals surface area contributed by atoms with Crippen molar-refractivity contribution in [3.63, 3.8) is 0 Å². The molecule has 0 unspecified atom stereocenters. The van der Waals surface area contributed by atoms with Gasteiger partial charge in [-0.2, -0.15) is 0 Å². The van der Waals surface area contributed by atoms with Crippen LogP contribution in [-0.2, 0) is 17.8 Å². The van der Waals surface area contributed by atoms with Crippen molar-refractivity contribution in [2.45, 2.75) is 25.9 Å². The minimum atomic E-state index is 0.602. The maximum Gasteiger partial charge on any atom is 0.0483 e. The highest BCUT2D eigenvalue weighted by Gasteiger charge is 2.03. The summed E-state index contributed by atoms with van der Waals surface area (Å²) in [6.45, 7) is 2.49. The van der Waals surface area contributed by atoms with Gasteiger partial charge in [0.25, 0.3) is 0 Å². The van der Waals surface area contributed by atoms with E-state index < -0.39 is 0 Å². The van der Waals surface area contributed by atoms with Crippen LogP contribution >= 0.6 is 0 Å². The van der Waals surface area contributed by atoms with Crippen molar-refractivity contribution in [2.75, 3.05) is 13.7 Å². The quantitative estimate of drug-likeness (QED) is 0.777. The topological polar surface area (TPSA) is 40.2 Å². The number of rotatable bonds is 6. The van der Waals surface area contributed by atoms with E-state index in [4.69, 9.17) is 10.5 Å². The Morgan fingerprint density at radius 1 is 1.24 bits per heavy atom. The van der Waals surface area contributed by atoms with E-state index in [0.717, 1.165) is 26.0 Å². The fraction of sp³-hybridized carbons (Fsp3) is 0.429. The minimum absolute atomic E-state index is 0.602. The number of nitrogens with zero attached hydrogens (tertiary/aromatic N) is 1. The van der Waals surface area contributed by atoms with Crippen LogP contribution < -0.4 is 5.73 Å². The third kappa shape index (κ3) is 2.68. The largest absolute Gasteiger partial charge is 0.385 e. The molecule has 0 aliphatic carbocycles. The molecule has 1 aromatic carbocycles. The second-order valence-electron chi connectivity index (χ2n) is 4.26. The molecule has 0 amide bonds. The van der Waals surface area contributed by atoms with Gasteiger partial charge in [-0.3, -0.25) is 0 Å². The van der Waals surface area contributed by atoms with Crippen molar-refractivity contribution < 1.29 is 4.74 Å². The molecule has 0 bridgehead atoms. The number of hydrogen-bond acceptors (Lipinski definition) is 2. The van der Waals surface area contributed by atoms with Crippen LogP contribution in [0.15, 0.2) is 30.5 Å². The molecule has 2 aromatic rings. The van der Waals surface area contributed by atoms with Crippen LogP contribution in [0, 0.1) is 0 Å². The average Bonchev–Trinajstić information content (AvgIpc) is 2.78. The normalized spacial score (nSPS) is 11.2. The van der Waals surface area contributed by atoms with Gasteiger partial charge >= 0.3 is 0 Å². The van der Waals surface area contributed by atoms with Gasteiger partial charge in [0.2, 0.25) is 0 Å². The molecule has 17 heavy (non-hydrogen) atoms. The highest BCUT2D eigenvalue weighted by Crippen LogP contribution is 2.20. The van der Waals surface area contributed by atoms with Crippen molar-refractivity contribution in [2.24, 2.45) is 5.73 Å². The number of unbranched alkanes of at least 4 members (excludes halogenated alkanes) is 1. The Morgan fingerprint density at radius 3 is 2.88 bits per heavy atom. The van der Waals surface area contributed by atoms with Gasteiger partial charge in [-0.05, 0) is 30.5 Å². The molecule has 92 valence electrons. The summed E-state index contributed by atoms with van der Waals surface area (Å²) in [5.41, 5.74) is 8.24. The molecule has 0 radical (unpaired) electrons. The van der Waals surface area contributed by atoms with Crippen molar-refractivity contribution in [3.05, 3.63) is 36.0 Å². The van der Waals surface area contributed by atoms with Crippen LogP contribution in [0.25, 0.3) is 10.9 Å². The molecule has 0 aliphatic heterocycles. The first kappa shape index (κ1) is 12.1. The molecular formula is C14H20N2O. The lowest BCUT2D eigenvalue weighted by Gasteiger charge is -2.06. The summed E-state index contributed by atoms with van der Waals surface area (Å²) in [6, 6.07) is 8.49. The Bertz CT molecular complexity index is 476. The fourth-order valence-electron chi connectivity index (χ4n) is 2.19. The van der Waals surface area contributed by atoms with Gasteiger partial charge in [0.05, 0.1) is 0 Å². The number of benzene rings is 1. The van der Waals surface area contributed by atoms with Gasteiger partial charge in [0.15, 0.2) is 0 Å². The second kappa shape index (κ2) is 5.84. The van der Waals surface area contributed by atoms with Crippen molar-refractivity contribution in [1.82, 2.24) is 4.57 Å². The van der Waals surface area contributed by atoms with Crippen LogP contribution in [0.1, 0.15) is 18.4 Å². The monoisotopic (exact) mass is 232 g/mol. The zero-order valence-corrected chi connectivity index (χ0v) is 10.4. The highest BCUT2D eigenvalue weighted by atomic mass is 16.5. The zero-order chi connectivity index (χ0) is 12.1. The van der Waals surface area contributed by atoms with Crippen LogP contribution in [0.4, 0.5) is 0 Å². The van der Waals surface area contributed by atoms with E-state index in [2.05, 4.69) is 35.0 Å². The molecule has 2 rings (SSSR count). The predicted octanol–water partition coefficient (Wildman–Crippen LogP) is 2.53. The van der Waals surface area contributed by atoms with Crippen LogP contribution in [-0.4, -0.2) is 18.3 Å². The number of ether oxygens (including phenoxy) is 1. The average molecular weight is 232 g/mol. The Hall–Kier alpha value is -1.32. The molecule has 0 aliphatic rings. The van der Waals surface area contributed by atoms with Crippen molar-refractivity contribution in [3.8, 4) is 0 Å². The third-order valence-corrected chi connectivity index (χ3v) is 3.12. The summed E-state index contributed by atoms with van der Waals surface area (Å²) in [7, 11) is 1.75. The molecule has 3 heteroatoms. The third-order valence-electron chi connectivity index (χ3n) is 3.12. The SMILES string of the molecule is COCCCCn1ccc2c(CN)cccc21. The number of fused-ring (bicyclic) bond motifs is 1. The Morgan fingerprint density at radius 2 is 2.12 bits per heavy atom. The summed E-state index contributed by atoms with van der Waals surface area (Å²) in [5, 5.41) is 1.28. The fourth-order valence-corrected chi connectivity index (χ4v) is 2.19. The van der Waals surface area contributed by atoms with Crippen LogP contribution in [0.5, 0.6) is 0 Å². The van der Waals surface area contributed by atoms with Gasteiger partial charge in [0.1, 0.15) is 0 Å². The summed E-state index contributed by atoms with van der Waals surface area (Å²) >= 11 is 0. The lowest BCUT2D eigenvalue weighted by Crippen LogP contribution is -1.99. The van der Waals surface area contributed by atoms with E-state index in [1.54, 1.807) is 7.11 Å². The first-order chi connectivity index (χ1) is 8.36. The lowest BCUT2D eigenvalue weighted by molar-refractivity contribution is 0.191. The van der Waals surface area contributed by atoms with E-state index in [9.17, 15) is 0 Å². The van der Waals surface area contributed by atoms with Crippen molar-refractivity contribution in [1.29, 1.82) is 0 Å². The molecule has 0 spiro atoms. The Kier molecular flexibility index (Phi) is 4.18. The predicted molar refractivity (Wildman–Crippen MR) is 70.9 cm³/mol. The van der Waals surface area contributed by atoms with Crippen LogP contribution in [0.2, 0.25) is 0 Å². The van der Waals surface area contributed by atoms with Crippen LogP contribution in [0.3, 0.4) is 0 Å². The van der Waals surface area contributed by atoms with Gasteiger partial charge in [0, 0.05) is 43.9 Å². The number of hydrogen-bond donors (Lipinski definition) is 1. The molecule has 3 nitrogen and oxygen atoms in total. The molecule has 2 N–H and O–H groups in total. The zero-order valence-electron chi connectivity index (χ0n) is 10.4. The summed E-state index contributed by atoms with van der Waals surface area (Å²) < 4.78 is 7.36. The smallest absolute Gasteiger partial charge is 0.0483 e. The highest BCUT2D eigenvalue weighted by molar-refractivity contribution is 5.83. The molecule has 1 heterocycles. The Labute approximate surface area is 102 Å². The molecule has 0 atom stereocenters. The molecule has 0 saturated carbocycles. The summed E-state index contributed by atoms with van der Waals surface area (Å²) in [5.74, 6) is 0. The summed E-state index contributed by atoms with van der Waals surface area (Å²) in [6.07, 6.45) is 4.40. The van der Waals surface area contributed by atoms with Gasteiger partial charge < -0.3 is 15.0 Å². The number of methoxy groups -OCH3 is 1. The minimum Gasteiger partial charge on any atom is -0.385 e. The van der Waals surface area contributed by atoms with E-state index >= 15 is 0 Å². The van der Waals surface area contributed by atoms with Gasteiger partial charge in [-0.15, -0.1) is 0 Å². The van der Waals surface area contributed by atoms with Gasteiger partial charge in [-0.25, -0.2) is 0 Å². The van der Waals surface area contributed by atoms with Gasteiger partial charge in [-0.1, -0.05) is 12.1 Å². The van der Waals surface area contributed by atoms with Crippen molar-refractivity contribution >= 4 is 10.9 Å². The number of aryl methyl sites for hydroxylation is 1.